The number of aromatic nitrogens is 6. The summed E-state index contributed by atoms with van der Waals surface area (Å²) in [5, 5.41) is 51.8. The SMILES string of the molecule is C.CCCOCCN(CCOCCO)[C@@H](CCCN=C(N)N)C(=O)O.CCCOCCN(CCOCCO)[C@@H](Cc1cnc[nH]1)C(=O)O.COCCOCCOCCN[C@@H](Cc1cnc[nH]1)C(C)=O.COCCOCCOCCOCCN[C@@H](Cc1cnc[nH]1)C(=O)O. The minimum absolute atomic E-state index is 0. The zero-order chi connectivity index (χ0) is 67.9. The van der Waals surface area contributed by atoms with Crippen LogP contribution in [0.2, 0.25) is 0 Å². The first-order valence-electron chi connectivity index (χ1n) is 31.2. The van der Waals surface area contributed by atoms with Crippen molar-refractivity contribution < 1.29 is 96.8 Å². The van der Waals surface area contributed by atoms with Gasteiger partial charge in [0.2, 0.25) is 0 Å². The van der Waals surface area contributed by atoms with E-state index in [0.29, 0.717) is 197 Å². The minimum Gasteiger partial charge on any atom is -0.480 e. The second-order valence-corrected chi connectivity index (χ2v) is 20.0. The van der Waals surface area contributed by atoms with E-state index in [1.54, 1.807) is 46.1 Å². The molecule has 3 heterocycles. The number of ether oxygens (including phenoxy) is 11. The average molecular weight is 1340 g/mol. The maximum Gasteiger partial charge on any atom is 0.321 e. The van der Waals surface area contributed by atoms with Crippen molar-refractivity contribution in [1.82, 2.24) is 50.3 Å². The number of carbonyl (C=O) groups is 4. The molecule has 4 atom stereocenters. The number of carboxylic acid groups (broad SMARTS) is 3. The number of carbonyl (C=O) groups excluding carboxylic acids is 1. The van der Waals surface area contributed by atoms with Crippen LogP contribution in [0.25, 0.3) is 0 Å². The van der Waals surface area contributed by atoms with Crippen molar-refractivity contribution in [3.8, 4) is 0 Å². The largest absolute Gasteiger partial charge is 0.480 e. The number of ketones is 1. The Morgan fingerprint density at radius 1 is 0.505 bits per heavy atom. The summed E-state index contributed by atoms with van der Waals surface area (Å²) in [6.45, 7) is 18.7. The fourth-order valence-electron chi connectivity index (χ4n) is 7.93. The second kappa shape index (κ2) is 65.0. The third kappa shape index (κ3) is 53.3. The molecule has 0 aliphatic carbocycles. The van der Waals surface area contributed by atoms with Crippen LogP contribution in [0.15, 0.2) is 42.6 Å². The summed E-state index contributed by atoms with van der Waals surface area (Å²) >= 11 is 0. The number of methoxy groups -OCH3 is 2. The van der Waals surface area contributed by atoms with E-state index in [2.05, 4.69) is 45.5 Å². The Labute approximate surface area is 549 Å². The number of carboxylic acids is 3. The van der Waals surface area contributed by atoms with Crippen LogP contribution in [0.1, 0.15) is 71.0 Å². The molecule has 0 aromatic carbocycles. The summed E-state index contributed by atoms with van der Waals surface area (Å²) in [5.74, 6) is -2.58. The van der Waals surface area contributed by atoms with Gasteiger partial charge in [0.25, 0.3) is 0 Å². The van der Waals surface area contributed by atoms with E-state index < -0.39 is 36.0 Å². The topological polar surface area (TPSA) is 452 Å². The molecule has 33 nitrogen and oxygen atoms in total. The van der Waals surface area contributed by atoms with Crippen molar-refractivity contribution in [2.24, 2.45) is 16.5 Å². The molecule has 0 unspecified atom stereocenters. The number of Topliss-reactive ketones (excluding diaryl/α,β-unsaturated/α-hetero) is 1. The van der Waals surface area contributed by atoms with Gasteiger partial charge in [-0.1, -0.05) is 21.3 Å². The molecule has 3 aromatic heterocycles. The Bertz CT molecular complexity index is 2120. The van der Waals surface area contributed by atoms with Crippen molar-refractivity contribution in [1.29, 1.82) is 0 Å². The van der Waals surface area contributed by atoms with Gasteiger partial charge in [0.15, 0.2) is 5.96 Å². The lowest BCUT2D eigenvalue weighted by atomic mass is 10.1. The van der Waals surface area contributed by atoms with E-state index in [9.17, 15) is 34.5 Å². The van der Waals surface area contributed by atoms with Crippen LogP contribution >= 0.6 is 0 Å². The molecule has 3 rings (SSSR count). The van der Waals surface area contributed by atoms with Gasteiger partial charge in [-0.3, -0.25) is 34.0 Å². The third-order valence-corrected chi connectivity index (χ3v) is 12.6. The molecule has 93 heavy (non-hydrogen) atoms. The van der Waals surface area contributed by atoms with E-state index in [-0.39, 0.29) is 51.6 Å². The Balaban J connectivity index is 0. The first-order chi connectivity index (χ1) is 44.7. The Morgan fingerprint density at radius 3 is 1.20 bits per heavy atom. The number of nitrogens with zero attached hydrogens (tertiary/aromatic N) is 6. The van der Waals surface area contributed by atoms with E-state index in [4.69, 9.17) is 73.8 Å². The summed E-state index contributed by atoms with van der Waals surface area (Å²) in [6.07, 6.45) is 13.8. The molecule has 0 aliphatic heterocycles. The molecule has 33 heteroatoms. The molecular formula is C60H115N13O20. The zero-order valence-corrected chi connectivity index (χ0v) is 54.9. The number of nitrogens with one attached hydrogen (secondary N) is 5. The van der Waals surface area contributed by atoms with Crippen LogP contribution in [-0.2, 0) is 90.5 Å². The van der Waals surface area contributed by atoms with Crippen LogP contribution in [-0.4, -0.2) is 324 Å². The van der Waals surface area contributed by atoms with E-state index in [0.717, 1.165) is 29.9 Å². The number of aromatic amines is 3. The molecule has 0 spiro atoms. The normalized spacial score (nSPS) is 12.3. The number of aliphatic carboxylic acids is 3. The Morgan fingerprint density at radius 2 is 0.860 bits per heavy atom. The monoisotopic (exact) mass is 1340 g/mol. The first-order valence-corrected chi connectivity index (χ1v) is 31.2. The molecule has 14 N–H and O–H groups in total. The average Bonchev–Trinajstić information content (AvgIpc) is 2.93. The number of aliphatic hydroxyl groups excluding tert-OH is 2. The number of hydrogen-bond donors (Lipinski definition) is 12. The van der Waals surface area contributed by atoms with E-state index in [1.165, 1.54) is 12.7 Å². The zero-order valence-electron chi connectivity index (χ0n) is 54.9. The van der Waals surface area contributed by atoms with Gasteiger partial charge in [0.1, 0.15) is 23.9 Å². The fourth-order valence-corrected chi connectivity index (χ4v) is 7.93. The number of hydrogen-bond acceptors (Lipinski definition) is 25. The number of imidazole rings is 3. The molecule has 3 aromatic rings. The molecule has 540 valence electrons. The Hall–Kier alpha value is -5.70. The molecule has 0 amide bonds. The fraction of sp³-hybridized carbons (Fsp3) is 0.767. The van der Waals surface area contributed by atoms with Crippen LogP contribution in [0.5, 0.6) is 0 Å². The second-order valence-electron chi connectivity index (χ2n) is 20.0. The minimum atomic E-state index is -0.901. The van der Waals surface area contributed by atoms with Gasteiger partial charge in [-0.05, 0) is 32.6 Å². The number of guanidine groups is 1. The molecule has 0 aliphatic rings. The van der Waals surface area contributed by atoms with Crippen LogP contribution in [0.4, 0.5) is 0 Å². The van der Waals surface area contributed by atoms with Crippen LogP contribution in [0, 0.1) is 0 Å². The number of rotatable bonds is 59. The summed E-state index contributed by atoms with van der Waals surface area (Å²) in [6, 6.07) is -2.22. The predicted molar refractivity (Wildman–Crippen MR) is 347 cm³/mol. The summed E-state index contributed by atoms with van der Waals surface area (Å²) in [5.41, 5.74) is 13.0. The highest BCUT2D eigenvalue weighted by Gasteiger charge is 2.27. The van der Waals surface area contributed by atoms with Gasteiger partial charge in [0.05, 0.1) is 157 Å². The molecule has 0 saturated heterocycles. The van der Waals surface area contributed by atoms with Gasteiger partial charge in [-0.25, -0.2) is 15.0 Å². The van der Waals surface area contributed by atoms with Gasteiger partial charge in [0, 0.05) is 128 Å². The molecule has 0 bridgehead atoms. The van der Waals surface area contributed by atoms with E-state index >= 15 is 0 Å². The highest BCUT2D eigenvalue weighted by molar-refractivity contribution is 5.81. The van der Waals surface area contributed by atoms with Gasteiger partial charge < -0.3 is 115 Å². The van der Waals surface area contributed by atoms with E-state index in [1.807, 2.05) is 23.6 Å². The van der Waals surface area contributed by atoms with Crippen molar-refractivity contribution in [2.75, 3.05) is 205 Å². The number of aliphatic imine (C=N–C) groups is 1. The highest BCUT2D eigenvalue weighted by atomic mass is 16.6. The van der Waals surface area contributed by atoms with Crippen molar-refractivity contribution in [3.05, 3.63) is 54.7 Å². The third-order valence-electron chi connectivity index (χ3n) is 12.6. The van der Waals surface area contributed by atoms with Gasteiger partial charge in [-0.15, -0.1) is 0 Å². The standard InChI is InChI=1S/C15H32N4O5.C15H27N3O6.C15H27N3O5.C14H25N3O4.CH4/c1-2-9-23-10-6-19(7-11-24-12-8-20)13(14(21)22)4-3-5-18-15(16)17;1-21-4-5-23-8-9-24-7-6-22-3-2-17-14(15(19)20)10-13-11-16-12-18-13;1-2-6-22-7-3-18(4-8-23-9-5-19)14(15(20)21)10-13-11-16-12-17-13;1-12(18)14(9-13-10-15-11-17-13)16-3-4-20-7-8-21-6-5-19-2;/h13,20H,2-12H2,1H3,(H,21,22)(H4,16,17,18);11-12,14,17H,2-10H2,1H3,(H,16,18)(H,19,20);11-12,14,19H,2-10H2,1H3,(H,16,17)(H,20,21);10-11,14,16H,3-9H2,1-2H3,(H,15,17);1H4/t13-;3*14-;/m0000./s1. The van der Waals surface area contributed by atoms with Crippen molar-refractivity contribution in [2.45, 2.75) is 97.3 Å². The van der Waals surface area contributed by atoms with Gasteiger partial charge >= 0.3 is 17.9 Å². The van der Waals surface area contributed by atoms with Crippen molar-refractivity contribution in [3.63, 3.8) is 0 Å². The first kappa shape index (κ1) is 89.4. The summed E-state index contributed by atoms with van der Waals surface area (Å²) in [4.78, 5) is 74.1. The summed E-state index contributed by atoms with van der Waals surface area (Å²) in [7, 11) is 3.27. The molecular weight excluding hydrogens is 1220 g/mol. The molecule has 0 radical (unpaired) electrons. The molecule has 0 saturated carbocycles. The predicted octanol–water partition coefficient (Wildman–Crippen LogP) is -0.120. The smallest absolute Gasteiger partial charge is 0.321 e. The van der Waals surface area contributed by atoms with Crippen molar-refractivity contribution >= 4 is 29.7 Å². The summed E-state index contributed by atoms with van der Waals surface area (Å²) < 4.78 is 57.8. The van der Waals surface area contributed by atoms with Crippen LogP contribution < -0.4 is 22.1 Å². The van der Waals surface area contributed by atoms with Gasteiger partial charge in [-0.2, -0.15) is 0 Å². The Kier molecular flexibility index (Phi) is 62.4. The van der Waals surface area contributed by atoms with Crippen LogP contribution in [0.3, 0.4) is 0 Å². The maximum absolute atomic E-state index is 11.6. The number of aliphatic hydroxyl groups is 2. The number of H-pyrrole nitrogens is 3. The number of nitrogens with two attached hydrogens (primary N) is 2. The lowest BCUT2D eigenvalue weighted by molar-refractivity contribution is -0.145. The quantitative estimate of drug-likeness (QED) is 0.0199. The molecule has 0 fully saturated rings. The lowest BCUT2D eigenvalue weighted by Crippen LogP contribution is -2.46. The highest BCUT2D eigenvalue weighted by Crippen LogP contribution is 2.10. The lowest BCUT2D eigenvalue weighted by Gasteiger charge is -2.28. The maximum atomic E-state index is 11.6.